The normalized spacial score (nSPS) is 21.4. The Labute approximate surface area is 83.3 Å². The smallest absolute Gasteiger partial charge is 0.146 e. The summed E-state index contributed by atoms with van der Waals surface area (Å²) in [5, 5.41) is 3.35. The van der Waals surface area contributed by atoms with Crippen LogP contribution in [0.3, 0.4) is 0 Å². The van der Waals surface area contributed by atoms with Gasteiger partial charge in [-0.05, 0) is 49.6 Å². The molecule has 0 amide bonds. The van der Waals surface area contributed by atoms with E-state index in [0.29, 0.717) is 6.04 Å². The van der Waals surface area contributed by atoms with Crippen molar-refractivity contribution in [3.63, 3.8) is 0 Å². The number of nitrogens with two attached hydrogens (primary N) is 1. The van der Waals surface area contributed by atoms with Crippen molar-refractivity contribution >= 4 is 5.69 Å². The summed E-state index contributed by atoms with van der Waals surface area (Å²) in [6, 6.07) is 3.59. The Balaban J connectivity index is 2.37. The predicted octanol–water partition coefficient (Wildman–Crippen LogP) is 2.14. The number of hydrogen-bond donors (Lipinski definition) is 2. The number of anilines is 1. The van der Waals surface area contributed by atoms with Crippen molar-refractivity contribution in [3.8, 4) is 0 Å². The third-order valence-corrected chi connectivity index (χ3v) is 2.82. The van der Waals surface area contributed by atoms with Crippen LogP contribution in [0.1, 0.15) is 30.0 Å². The van der Waals surface area contributed by atoms with Gasteiger partial charge in [-0.3, -0.25) is 0 Å². The van der Waals surface area contributed by atoms with Crippen LogP contribution < -0.4 is 11.1 Å². The molecule has 2 nitrogen and oxygen atoms in total. The van der Waals surface area contributed by atoms with Gasteiger partial charge in [0.05, 0.1) is 5.69 Å². The molecule has 0 radical (unpaired) electrons. The highest BCUT2D eigenvalue weighted by Crippen LogP contribution is 2.28. The molecule has 0 spiro atoms. The monoisotopic (exact) mass is 194 g/mol. The zero-order valence-corrected chi connectivity index (χ0v) is 8.31. The third-order valence-electron chi connectivity index (χ3n) is 2.82. The Hall–Kier alpha value is -1.09. The summed E-state index contributed by atoms with van der Waals surface area (Å²) in [6.45, 7) is 3.00. The molecule has 0 unspecified atom stereocenters. The van der Waals surface area contributed by atoms with Gasteiger partial charge >= 0.3 is 0 Å². The Morgan fingerprint density at radius 1 is 1.50 bits per heavy atom. The molecule has 1 fully saturated rings. The van der Waals surface area contributed by atoms with Crippen molar-refractivity contribution in [1.82, 2.24) is 5.32 Å². The SMILES string of the molecule is Cc1cc(N)c(F)cc1[C@@H]1CCCN1. The van der Waals surface area contributed by atoms with Gasteiger partial charge in [-0.2, -0.15) is 0 Å². The maximum atomic E-state index is 13.3. The Bertz CT molecular complexity index is 343. The first-order valence-corrected chi connectivity index (χ1v) is 4.97. The van der Waals surface area contributed by atoms with Gasteiger partial charge in [0.1, 0.15) is 5.82 Å². The van der Waals surface area contributed by atoms with Crippen LogP contribution in [-0.4, -0.2) is 6.54 Å². The van der Waals surface area contributed by atoms with E-state index >= 15 is 0 Å². The number of aryl methyl sites for hydroxylation is 1. The zero-order valence-electron chi connectivity index (χ0n) is 8.31. The Morgan fingerprint density at radius 3 is 2.93 bits per heavy atom. The van der Waals surface area contributed by atoms with Gasteiger partial charge in [0, 0.05) is 6.04 Å². The number of halogens is 1. The molecule has 1 aromatic carbocycles. The average molecular weight is 194 g/mol. The summed E-state index contributed by atoms with van der Waals surface area (Å²) >= 11 is 0. The Morgan fingerprint density at radius 2 is 2.29 bits per heavy atom. The molecule has 1 aliphatic rings. The van der Waals surface area contributed by atoms with Crippen LogP contribution in [0.2, 0.25) is 0 Å². The summed E-state index contributed by atoms with van der Waals surface area (Å²) in [7, 11) is 0. The maximum absolute atomic E-state index is 13.3. The quantitative estimate of drug-likeness (QED) is 0.672. The molecule has 0 saturated carbocycles. The molecular formula is C11H15FN2. The lowest BCUT2D eigenvalue weighted by Gasteiger charge is -2.14. The highest BCUT2D eigenvalue weighted by atomic mass is 19.1. The summed E-state index contributed by atoms with van der Waals surface area (Å²) in [5.74, 6) is -0.306. The minimum absolute atomic E-state index is 0.240. The number of rotatable bonds is 1. The summed E-state index contributed by atoms with van der Waals surface area (Å²) in [4.78, 5) is 0. The van der Waals surface area contributed by atoms with Crippen molar-refractivity contribution < 1.29 is 4.39 Å². The van der Waals surface area contributed by atoms with Gasteiger partial charge in [-0.15, -0.1) is 0 Å². The van der Waals surface area contributed by atoms with Crippen molar-refractivity contribution in [1.29, 1.82) is 0 Å². The van der Waals surface area contributed by atoms with Crippen LogP contribution in [0.15, 0.2) is 12.1 Å². The van der Waals surface area contributed by atoms with Crippen molar-refractivity contribution in [2.75, 3.05) is 12.3 Å². The van der Waals surface area contributed by atoms with Crippen LogP contribution in [0.5, 0.6) is 0 Å². The molecular weight excluding hydrogens is 179 g/mol. The van der Waals surface area contributed by atoms with E-state index in [1.807, 2.05) is 6.92 Å². The van der Waals surface area contributed by atoms with Gasteiger partial charge in [-0.25, -0.2) is 4.39 Å². The first-order chi connectivity index (χ1) is 6.68. The zero-order chi connectivity index (χ0) is 10.1. The lowest BCUT2D eigenvalue weighted by molar-refractivity contribution is 0.607. The first-order valence-electron chi connectivity index (χ1n) is 4.97. The predicted molar refractivity (Wildman–Crippen MR) is 55.5 cm³/mol. The average Bonchev–Trinajstić information content (AvgIpc) is 2.64. The fourth-order valence-electron chi connectivity index (χ4n) is 2.04. The molecule has 76 valence electrons. The van der Waals surface area contributed by atoms with E-state index in [4.69, 9.17) is 5.73 Å². The van der Waals surface area contributed by atoms with E-state index < -0.39 is 0 Å². The van der Waals surface area contributed by atoms with Crippen LogP contribution in [-0.2, 0) is 0 Å². The summed E-state index contributed by atoms with van der Waals surface area (Å²) < 4.78 is 13.3. The fraction of sp³-hybridized carbons (Fsp3) is 0.455. The van der Waals surface area contributed by atoms with Gasteiger partial charge in [0.25, 0.3) is 0 Å². The second-order valence-corrected chi connectivity index (χ2v) is 3.88. The highest BCUT2D eigenvalue weighted by Gasteiger charge is 2.19. The molecule has 1 atom stereocenters. The number of nitrogen functional groups attached to an aromatic ring is 1. The molecule has 0 aliphatic carbocycles. The number of benzene rings is 1. The number of nitrogens with one attached hydrogen (secondary N) is 1. The van der Waals surface area contributed by atoms with Crippen molar-refractivity contribution in [3.05, 3.63) is 29.1 Å². The highest BCUT2D eigenvalue weighted by molar-refractivity contribution is 5.46. The fourth-order valence-corrected chi connectivity index (χ4v) is 2.04. The van der Waals surface area contributed by atoms with Crippen molar-refractivity contribution in [2.45, 2.75) is 25.8 Å². The summed E-state index contributed by atoms with van der Waals surface area (Å²) in [6.07, 6.45) is 2.25. The van der Waals surface area contributed by atoms with E-state index in [9.17, 15) is 4.39 Å². The minimum Gasteiger partial charge on any atom is -0.396 e. The molecule has 3 heteroatoms. The lowest BCUT2D eigenvalue weighted by Crippen LogP contribution is -2.14. The molecule has 14 heavy (non-hydrogen) atoms. The number of hydrogen-bond acceptors (Lipinski definition) is 2. The van der Waals surface area contributed by atoms with Gasteiger partial charge < -0.3 is 11.1 Å². The first kappa shape index (κ1) is 9.46. The standard InChI is InChI=1S/C11H15FN2/c1-7-5-10(13)9(12)6-8(7)11-3-2-4-14-11/h5-6,11,14H,2-4,13H2,1H3/t11-/m0/s1. The van der Waals surface area contributed by atoms with Crippen LogP contribution in [0, 0.1) is 12.7 Å². The molecule has 1 aliphatic heterocycles. The topological polar surface area (TPSA) is 38.0 Å². The van der Waals surface area contributed by atoms with E-state index in [2.05, 4.69) is 5.32 Å². The van der Waals surface area contributed by atoms with E-state index in [-0.39, 0.29) is 11.5 Å². The van der Waals surface area contributed by atoms with Crippen LogP contribution >= 0.6 is 0 Å². The molecule has 0 bridgehead atoms. The second-order valence-electron chi connectivity index (χ2n) is 3.88. The van der Waals surface area contributed by atoms with Gasteiger partial charge in [0.2, 0.25) is 0 Å². The lowest BCUT2D eigenvalue weighted by atomic mass is 9.99. The molecule has 1 saturated heterocycles. The van der Waals surface area contributed by atoms with Crippen molar-refractivity contribution in [2.24, 2.45) is 0 Å². The maximum Gasteiger partial charge on any atom is 0.146 e. The molecule has 2 rings (SSSR count). The Kier molecular flexibility index (Phi) is 2.42. The van der Waals surface area contributed by atoms with Crippen LogP contribution in [0.4, 0.5) is 10.1 Å². The molecule has 1 heterocycles. The third kappa shape index (κ3) is 1.60. The van der Waals surface area contributed by atoms with E-state index in [1.54, 1.807) is 12.1 Å². The van der Waals surface area contributed by atoms with E-state index in [0.717, 1.165) is 30.5 Å². The molecule has 3 N–H and O–H groups in total. The largest absolute Gasteiger partial charge is 0.396 e. The van der Waals surface area contributed by atoms with E-state index in [1.165, 1.54) is 0 Å². The van der Waals surface area contributed by atoms with Gasteiger partial charge in [-0.1, -0.05) is 0 Å². The van der Waals surface area contributed by atoms with Crippen LogP contribution in [0.25, 0.3) is 0 Å². The molecule has 0 aromatic heterocycles. The molecule has 1 aromatic rings. The minimum atomic E-state index is -0.306. The summed E-state index contributed by atoms with van der Waals surface area (Å²) in [5.41, 5.74) is 7.86. The van der Waals surface area contributed by atoms with Gasteiger partial charge in [0.15, 0.2) is 0 Å². The second kappa shape index (κ2) is 3.58.